The molecule has 5 heteroatoms. The second kappa shape index (κ2) is 10.6. The van der Waals surface area contributed by atoms with Crippen molar-refractivity contribution in [2.75, 3.05) is 18.5 Å². The number of carbonyl (C=O) groups excluding carboxylic acids is 1. The van der Waals surface area contributed by atoms with Gasteiger partial charge < -0.3 is 15.8 Å². The smallest absolute Gasteiger partial charge is 0.224 e. The van der Waals surface area contributed by atoms with Crippen molar-refractivity contribution in [3.8, 4) is 5.75 Å². The molecule has 4 nitrogen and oxygen atoms in total. The van der Waals surface area contributed by atoms with E-state index in [1.165, 1.54) is 0 Å². The number of para-hydroxylation sites is 2. The third-order valence-electron chi connectivity index (χ3n) is 2.52. The third-order valence-corrected chi connectivity index (χ3v) is 2.52. The normalized spacial score (nSPS) is 9.58. The first-order valence-corrected chi connectivity index (χ1v) is 6.49. The SMILES string of the molecule is CCCCOc1ccccc1NC(=O)CCCN.Cl. The van der Waals surface area contributed by atoms with Gasteiger partial charge in [-0.05, 0) is 31.5 Å². The van der Waals surface area contributed by atoms with Gasteiger partial charge in [0, 0.05) is 6.42 Å². The zero-order valence-electron chi connectivity index (χ0n) is 11.4. The fourth-order valence-corrected chi connectivity index (χ4v) is 1.50. The van der Waals surface area contributed by atoms with E-state index in [1.807, 2.05) is 24.3 Å². The average Bonchev–Trinajstić information content (AvgIpc) is 2.38. The largest absolute Gasteiger partial charge is 0.491 e. The van der Waals surface area contributed by atoms with Gasteiger partial charge in [-0.3, -0.25) is 4.79 Å². The molecule has 0 aliphatic rings. The summed E-state index contributed by atoms with van der Waals surface area (Å²) in [5, 5.41) is 2.85. The summed E-state index contributed by atoms with van der Waals surface area (Å²) in [4.78, 5) is 11.6. The summed E-state index contributed by atoms with van der Waals surface area (Å²) in [7, 11) is 0. The van der Waals surface area contributed by atoms with Crippen molar-refractivity contribution in [3.63, 3.8) is 0 Å². The molecule has 1 rings (SSSR count). The van der Waals surface area contributed by atoms with Gasteiger partial charge in [0.25, 0.3) is 0 Å². The van der Waals surface area contributed by atoms with Crippen LogP contribution in [0.3, 0.4) is 0 Å². The number of carbonyl (C=O) groups is 1. The number of hydrogen-bond donors (Lipinski definition) is 2. The highest BCUT2D eigenvalue weighted by Crippen LogP contribution is 2.24. The number of unbranched alkanes of at least 4 members (excludes halogenated alkanes) is 1. The number of hydrogen-bond acceptors (Lipinski definition) is 3. The lowest BCUT2D eigenvalue weighted by atomic mass is 10.2. The lowest BCUT2D eigenvalue weighted by Gasteiger charge is -2.12. The summed E-state index contributed by atoms with van der Waals surface area (Å²) in [6, 6.07) is 7.50. The molecular formula is C14H23ClN2O2. The number of halogens is 1. The number of nitrogens with two attached hydrogens (primary N) is 1. The number of ether oxygens (including phenoxy) is 1. The number of nitrogens with one attached hydrogen (secondary N) is 1. The van der Waals surface area contributed by atoms with E-state index in [1.54, 1.807) is 0 Å². The zero-order valence-corrected chi connectivity index (χ0v) is 12.2. The van der Waals surface area contributed by atoms with Crippen LogP contribution in [0, 0.1) is 0 Å². The van der Waals surface area contributed by atoms with Gasteiger partial charge in [-0.1, -0.05) is 25.5 Å². The van der Waals surface area contributed by atoms with Gasteiger partial charge in [0.2, 0.25) is 5.91 Å². The molecule has 1 aromatic rings. The minimum Gasteiger partial charge on any atom is -0.491 e. The van der Waals surface area contributed by atoms with Crippen LogP contribution in [0.25, 0.3) is 0 Å². The van der Waals surface area contributed by atoms with Crippen LogP contribution < -0.4 is 15.8 Å². The summed E-state index contributed by atoms with van der Waals surface area (Å²) in [6.07, 6.45) is 3.24. The first kappa shape index (κ1) is 17.7. The minimum atomic E-state index is -0.0213. The predicted octanol–water partition coefficient (Wildman–Crippen LogP) is 2.96. The molecule has 0 spiro atoms. The highest BCUT2D eigenvalue weighted by molar-refractivity contribution is 5.92. The van der Waals surface area contributed by atoms with Crippen molar-refractivity contribution < 1.29 is 9.53 Å². The van der Waals surface area contributed by atoms with Crippen molar-refractivity contribution in [3.05, 3.63) is 24.3 Å². The predicted molar refractivity (Wildman–Crippen MR) is 81.0 cm³/mol. The Bertz CT molecular complexity index is 372. The van der Waals surface area contributed by atoms with E-state index in [-0.39, 0.29) is 18.3 Å². The van der Waals surface area contributed by atoms with Crippen LogP contribution in [0.5, 0.6) is 5.75 Å². The van der Waals surface area contributed by atoms with Crippen molar-refractivity contribution >= 4 is 24.0 Å². The lowest BCUT2D eigenvalue weighted by Crippen LogP contribution is -2.14. The molecule has 0 saturated carbocycles. The molecule has 0 fully saturated rings. The van der Waals surface area contributed by atoms with Crippen LogP contribution in [0.1, 0.15) is 32.6 Å². The van der Waals surface area contributed by atoms with Gasteiger partial charge in [-0.2, -0.15) is 0 Å². The first-order valence-electron chi connectivity index (χ1n) is 6.49. The third kappa shape index (κ3) is 7.03. The number of benzene rings is 1. The number of rotatable bonds is 8. The van der Waals surface area contributed by atoms with E-state index >= 15 is 0 Å². The van der Waals surface area contributed by atoms with E-state index in [9.17, 15) is 4.79 Å². The second-order valence-corrected chi connectivity index (χ2v) is 4.14. The molecule has 0 radical (unpaired) electrons. The summed E-state index contributed by atoms with van der Waals surface area (Å²) in [5.74, 6) is 0.707. The molecule has 1 amide bonds. The zero-order chi connectivity index (χ0) is 13.2. The summed E-state index contributed by atoms with van der Waals surface area (Å²) < 4.78 is 5.64. The fourth-order valence-electron chi connectivity index (χ4n) is 1.50. The van der Waals surface area contributed by atoms with E-state index in [0.29, 0.717) is 26.0 Å². The van der Waals surface area contributed by atoms with Gasteiger partial charge in [0.1, 0.15) is 5.75 Å². The van der Waals surface area contributed by atoms with Crippen molar-refractivity contribution in [2.45, 2.75) is 32.6 Å². The van der Waals surface area contributed by atoms with E-state index in [2.05, 4.69) is 12.2 Å². The molecule has 0 aromatic heterocycles. The maximum Gasteiger partial charge on any atom is 0.224 e. The molecule has 19 heavy (non-hydrogen) atoms. The topological polar surface area (TPSA) is 64.3 Å². The molecule has 0 saturated heterocycles. The second-order valence-electron chi connectivity index (χ2n) is 4.14. The molecule has 1 aromatic carbocycles. The number of amides is 1. The maximum absolute atomic E-state index is 11.6. The van der Waals surface area contributed by atoms with Gasteiger partial charge in [0.15, 0.2) is 0 Å². The Kier molecular flexibility index (Phi) is 9.94. The van der Waals surface area contributed by atoms with Crippen LogP contribution >= 0.6 is 12.4 Å². The summed E-state index contributed by atoms with van der Waals surface area (Å²) in [6.45, 7) is 3.32. The molecule has 0 aliphatic carbocycles. The summed E-state index contributed by atoms with van der Waals surface area (Å²) in [5.41, 5.74) is 6.11. The molecule has 0 heterocycles. The standard InChI is InChI=1S/C14H22N2O2.ClH/c1-2-3-11-18-13-8-5-4-7-12(13)16-14(17)9-6-10-15;/h4-5,7-8H,2-3,6,9-11,15H2,1H3,(H,16,17);1H. The highest BCUT2D eigenvalue weighted by Gasteiger charge is 2.06. The van der Waals surface area contributed by atoms with Gasteiger partial charge >= 0.3 is 0 Å². The molecule has 0 aliphatic heterocycles. The van der Waals surface area contributed by atoms with Crippen molar-refractivity contribution in [1.29, 1.82) is 0 Å². The summed E-state index contributed by atoms with van der Waals surface area (Å²) >= 11 is 0. The monoisotopic (exact) mass is 286 g/mol. The Morgan fingerprint density at radius 3 is 2.74 bits per heavy atom. The van der Waals surface area contributed by atoms with Crippen LogP contribution in [-0.4, -0.2) is 19.1 Å². The van der Waals surface area contributed by atoms with Crippen LogP contribution in [0.15, 0.2) is 24.3 Å². The quantitative estimate of drug-likeness (QED) is 0.722. The van der Waals surface area contributed by atoms with Gasteiger partial charge in [-0.25, -0.2) is 0 Å². The van der Waals surface area contributed by atoms with Crippen LogP contribution in [0.2, 0.25) is 0 Å². The van der Waals surface area contributed by atoms with Crippen molar-refractivity contribution in [1.82, 2.24) is 0 Å². The lowest BCUT2D eigenvalue weighted by molar-refractivity contribution is -0.116. The molecule has 0 unspecified atom stereocenters. The van der Waals surface area contributed by atoms with Crippen molar-refractivity contribution in [2.24, 2.45) is 5.73 Å². The Morgan fingerprint density at radius 2 is 2.05 bits per heavy atom. The molecular weight excluding hydrogens is 264 g/mol. The maximum atomic E-state index is 11.6. The van der Waals surface area contributed by atoms with Gasteiger partial charge in [0.05, 0.1) is 12.3 Å². The van der Waals surface area contributed by atoms with E-state index in [4.69, 9.17) is 10.5 Å². The van der Waals surface area contributed by atoms with E-state index in [0.717, 1.165) is 24.3 Å². The molecule has 0 bridgehead atoms. The average molecular weight is 287 g/mol. The first-order chi connectivity index (χ1) is 8.77. The van der Waals surface area contributed by atoms with E-state index < -0.39 is 0 Å². The Morgan fingerprint density at radius 1 is 1.32 bits per heavy atom. The number of anilines is 1. The van der Waals surface area contributed by atoms with Gasteiger partial charge in [-0.15, -0.1) is 12.4 Å². The van der Waals surface area contributed by atoms with Crippen LogP contribution in [-0.2, 0) is 4.79 Å². The molecule has 3 N–H and O–H groups in total. The van der Waals surface area contributed by atoms with Crippen LogP contribution in [0.4, 0.5) is 5.69 Å². The Hall–Kier alpha value is -1.26. The minimum absolute atomic E-state index is 0. The Labute approximate surface area is 121 Å². The highest BCUT2D eigenvalue weighted by atomic mass is 35.5. The molecule has 108 valence electrons. The fraction of sp³-hybridized carbons (Fsp3) is 0.500. The Balaban J connectivity index is 0.00000324. The molecule has 0 atom stereocenters.